The molecule has 13 nitrogen and oxygen atoms in total. The average Bonchev–Trinajstić information content (AvgIpc) is 3.80. The molecule has 0 spiro atoms. The fourth-order valence-electron chi connectivity index (χ4n) is 9.15. The number of aromatic nitrogens is 3. The van der Waals surface area contributed by atoms with Crippen molar-refractivity contribution in [3.05, 3.63) is 137 Å². The number of benzene rings is 4. The molecule has 4 aromatic carbocycles. The normalized spacial score (nSPS) is 14.4. The van der Waals surface area contributed by atoms with Crippen LogP contribution in [0.5, 0.6) is 0 Å². The molecule has 2 aliphatic rings. The van der Waals surface area contributed by atoms with E-state index in [4.69, 9.17) is 4.98 Å². The topological polar surface area (TPSA) is 171 Å². The lowest BCUT2D eigenvalue weighted by Crippen LogP contribution is -2.41. The van der Waals surface area contributed by atoms with Gasteiger partial charge in [-0.1, -0.05) is 98.1 Å². The van der Waals surface area contributed by atoms with Crippen LogP contribution in [0.1, 0.15) is 107 Å². The molecule has 13 heteroatoms. The summed E-state index contributed by atoms with van der Waals surface area (Å²) in [6.45, 7) is 1.53. The van der Waals surface area contributed by atoms with Crippen LogP contribution in [0.15, 0.2) is 109 Å². The standard InChI is InChI=1S/C51H54N8O5/c1-53-42(61)28-27-39(32-60)59-50(63)40-21-14-22-41(44(40)51(59)64)54-29-12-5-13-30-55-49(62)37-25-23-34(24-26-37)31-57-46(36-17-8-3-9-18-36)43(35-15-6-2-7-16-35)45-47(52)58(33-56-48(45)57)38-19-10-4-11-20-38/h2-3,6-9,14-18,21-26,32-33,38-39,52,54H,4-5,10-13,19-20,27-31H2,1H3,(H,53,61)(H,55,62). The highest BCUT2D eigenvalue weighted by atomic mass is 16.2. The summed E-state index contributed by atoms with van der Waals surface area (Å²) in [7, 11) is 1.49. The van der Waals surface area contributed by atoms with Crippen LogP contribution in [0.4, 0.5) is 5.69 Å². The Balaban J connectivity index is 0.902. The van der Waals surface area contributed by atoms with Crippen LogP contribution in [-0.4, -0.2) is 75.1 Å². The second-order valence-electron chi connectivity index (χ2n) is 16.6. The number of hydrogen-bond donors (Lipinski definition) is 4. The van der Waals surface area contributed by atoms with Crippen molar-refractivity contribution in [2.75, 3.05) is 25.5 Å². The average molecular weight is 859 g/mol. The van der Waals surface area contributed by atoms with E-state index in [0.717, 1.165) is 88.8 Å². The molecule has 8 rings (SSSR count). The fourth-order valence-corrected chi connectivity index (χ4v) is 9.15. The van der Waals surface area contributed by atoms with Crippen LogP contribution in [0.25, 0.3) is 33.4 Å². The third kappa shape index (κ3) is 9.01. The molecule has 0 bridgehead atoms. The number of nitrogens with zero attached hydrogens (tertiary/aromatic N) is 4. The fraction of sp³-hybridized carbons (Fsp3) is 0.314. The minimum absolute atomic E-state index is 0.0118. The molecule has 3 heterocycles. The first-order valence-corrected chi connectivity index (χ1v) is 22.4. The predicted octanol–water partition coefficient (Wildman–Crippen LogP) is 7.91. The van der Waals surface area contributed by atoms with E-state index in [9.17, 15) is 29.4 Å². The number of fused-ring (bicyclic) bond motifs is 2. The van der Waals surface area contributed by atoms with Crippen molar-refractivity contribution >= 4 is 46.6 Å². The number of amides is 4. The van der Waals surface area contributed by atoms with Crippen molar-refractivity contribution in [1.82, 2.24) is 29.7 Å². The molecule has 328 valence electrons. The quantitative estimate of drug-likeness (QED) is 0.0387. The van der Waals surface area contributed by atoms with Crippen LogP contribution < -0.4 is 21.4 Å². The molecule has 0 radical (unpaired) electrons. The summed E-state index contributed by atoms with van der Waals surface area (Å²) < 4.78 is 4.30. The molecule has 1 atom stereocenters. The number of rotatable bonds is 18. The van der Waals surface area contributed by atoms with E-state index in [1.807, 2.05) is 67.0 Å². The lowest BCUT2D eigenvalue weighted by Gasteiger charge is -2.24. The van der Waals surface area contributed by atoms with Crippen LogP contribution >= 0.6 is 0 Å². The van der Waals surface area contributed by atoms with Crippen molar-refractivity contribution in [2.45, 2.75) is 82.8 Å². The maximum Gasteiger partial charge on any atom is 0.264 e. The van der Waals surface area contributed by atoms with Crippen LogP contribution in [0.2, 0.25) is 0 Å². The maximum atomic E-state index is 13.4. The van der Waals surface area contributed by atoms with Gasteiger partial charge in [-0.3, -0.25) is 29.5 Å². The Morgan fingerprint density at radius 3 is 2.22 bits per heavy atom. The Morgan fingerprint density at radius 2 is 1.52 bits per heavy atom. The molecule has 4 amide bonds. The molecule has 64 heavy (non-hydrogen) atoms. The Kier molecular flexibility index (Phi) is 13.5. The van der Waals surface area contributed by atoms with Crippen molar-refractivity contribution in [2.24, 2.45) is 0 Å². The Morgan fingerprint density at radius 1 is 0.812 bits per heavy atom. The summed E-state index contributed by atoms with van der Waals surface area (Å²) in [4.78, 5) is 69.5. The SMILES string of the molecule is CNC(=O)CCC(C=O)N1C(=O)c2cccc(NCCCCCNC(=O)c3ccc(Cn4c(-c5ccccc5)c(-c5ccccc5)c5c(=N)n(C6CCCCC6)cnc54)cc3)c2C1=O. The van der Waals surface area contributed by atoms with E-state index in [0.29, 0.717) is 42.7 Å². The van der Waals surface area contributed by atoms with Gasteiger partial charge < -0.3 is 29.9 Å². The number of carbonyl (C=O) groups is 5. The van der Waals surface area contributed by atoms with Gasteiger partial charge in [-0.2, -0.15) is 0 Å². The van der Waals surface area contributed by atoms with Crippen LogP contribution in [0.3, 0.4) is 0 Å². The highest BCUT2D eigenvalue weighted by molar-refractivity contribution is 6.24. The Labute approximate surface area is 372 Å². The lowest BCUT2D eigenvalue weighted by atomic mass is 9.95. The van der Waals surface area contributed by atoms with Crippen LogP contribution in [-0.2, 0) is 16.1 Å². The highest BCUT2D eigenvalue weighted by Crippen LogP contribution is 2.40. The van der Waals surface area contributed by atoms with E-state index < -0.39 is 17.9 Å². The summed E-state index contributed by atoms with van der Waals surface area (Å²) >= 11 is 0. The lowest BCUT2D eigenvalue weighted by molar-refractivity contribution is -0.121. The molecule has 1 fully saturated rings. The zero-order chi connectivity index (χ0) is 44.6. The number of nitrogens with one attached hydrogen (secondary N) is 4. The van der Waals surface area contributed by atoms with Gasteiger partial charge in [-0.15, -0.1) is 0 Å². The Bertz CT molecular complexity index is 2720. The van der Waals surface area contributed by atoms with Gasteiger partial charge in [0, 0.05) is 56.0 Å². The van der Waals surface area contributed by atoms with Crippen LogP contribution in [0, 0.1) is 5.41 Å². The number of anilines is 1. The molecule has 2 aromatic heterocycles. The van der Waals surface area contributed by atoms with E-state index in [1.165, 1.54) is 13.5 Å². The summed E-state index contributed by atoms with van der Waals surface area (Å²) in [6.07, 6.45) is 10.4. The second-order valence-corrected chi connectivity index (χ2v) is 16.6. The summed E-state index contributed by atoms with van der Waals surface area (Å²) in [5.74, 6) is -1.53. The van der Waals surface area contributed by atoms with Crippen molar-refractivity contribution in [3.63, 3.8) is 0 Å². The van der Waals surface area contributed by atoms with Gasteiger partial charge >= 0.3 is 0 Å². The molecule has 1 aliphatic heterocycles. The molecule has 1 unspecified atom stereocenters. The maximum absolute atomic E-state index is 13.4. The first-order chi connectivity index (χ1) is 31.3. The van der Waals surface area contributed by atoms with Gasteiger partial charge in [-0.05, 0) is 79.5 Å². The van der Waals surface area contributed by atoms with Crippen molar-refractivity contribution in [3.8, 4) is 22.4 Å². The van der Waals surface area contributed by atoms with Gasteiger partial charge in [0.2, 0.25) is 5.91 Å². The summed E-state index contributed by atoms with van der Waals surface area (Å²) in [6, 6.07) is 32.5. The second kappa shape index (κ2) is 19.9. The molecule has 1 aliphatic carbocycles. The van der Waals surface area contributed by atoms with Crippen molar-refractivity contribution in [1.29, 1.82) is 5.41 Å². The molecule has 4 N–H and O–H groups in total. The number of unbranched alkanes of at least 4 members (excludes halogenated alkanes) is 2. The highest BCUT2D eigenvalue weighted by Gasteiger charge is 2.41. The first-order valence-electron chi connectivity index (χ1n) is 22.4. The monoisotopic (exact) mass is 858 g/mol. The largest absolute Gasteiger partial charge is 0.384 e. The van der Waals surface area contributed by atoms with Gasteiger partial charge in [0.15, 0.2) is 0 Å². The number of hydrogen-bond acceptors (Lipinski definition) is 8. The number of imide groups is 1. The number of carbonyl (C=O) groups excluding carboxylic acids is 5. The van der Waals surface area contributed by atoms with Gasteiger partial charge in [-0.25, -0.2) is 4.98 Å². The third-order valence-electron chi connectivity index (χ3n) is 12.5. The molecule has 6 aromatic rings. The zero-order valence-electron chi connectivity index (χ0n) is 36.1. The Hall–Kier alpha value is -7.15. The van der Waals surface area contributed by atoms with Gasteiger partial charge in [0.25, 0.3) is 17.7 Å². The van der Waals surface area contributed by atoms with E-state index in [2.05, 4.69) is 49.4 Å². The van der Waals surface area contributed by atoms with E-state index in [-0.39, 0.29) is 41.8 Å². The first kappa shape index (κ1) is 43.5. The minimum Gasteiger partial charge on any atom is -0.384 e. The van der Waals surface area contributed by atoms with E-state index in [1.54, 1.807) is 18.2 Å². The molecular weight excluding hydrogens is 805 g/mol. The molecular formula is C51H54N8O5. The van der Waals surface area contributed by atoms with Gasteiger partial charge in [0.05, 0.1) is 34.6 Å². The molecule has 1 saturated carbocycles. The van der Waals surface area contributed by atoms with Gasteiger partial charge in [0.1, 0.15) is 17.4 Å². The van der Waals surface area contributed by atoms with E-state index >= 15 is 0 Å². The van der Waals surface area contributed by atoms with Crippen molar-refractivity contribution < 1.29 is 24.0 Å². The third-order valence-corrected chi connectivity index (χ3v) is 12.5. The predicted molar refractivity (Wildman–Crippen MR) is 247 cm³/mol. The summed E-state index contributed by atoms with van der Waals surface area (Å²) in [5, 5.41) is 19.3. The number of aldehydes is 1. The molecule has 0 saturated heterocycles. The smallest absolute Gasteiger partial charge is 0.264 e. The minimum atomic E-state index is -1.03. The summed E-state index contributed by atoms with van der Waals surface area (Å²) in [5.41, 5.74) is 7.86. The zero-order valence-corrected chi connectivity index (χ0v) is 36.1.